The molecule has 0 aliphatic heterocycles. The van der Waals surface area contributed by atoms with Gasteiger partial charge in [0.25, 0.3) is 0 Å². The van der Waals surface area contributed by atoms with E-state index in [1.807, 2.05) is 24.3 Å². The molecule has 1 aromatic heterocycles. The summed E-state index contributed by atoms with van der Waals surface area (Å²) in [6.45, 7) is 0.403. The van der Waals surface area contributed by atoms with E-state index in [2.05, 4.69) is 15.2 Å². The van der Waals surface area contributed by atoms with Gasteiger partial charge in [-0.25, -0.2) is 9.78 Å². The Hall–Kier alpha value is -3.95. The zero-order chi connectivity index (χ0) is 25.5. The predicted octanol–water partition coefficient (Wildman–Crippen LogP) is 5.94. The van der Waals surface area contributed by atoms with Crippen LogP contribution in [0.3, 0.4) is 0 Å². The third kappa shape index (κ3) is 6.38. The summed E-state index contributed by atoms with van der Waals surface area (Å²) < 4.78 is 16.3. The lowest BCUT2D eigenvalue weighted by Crippen LogP contribution is -1.98. The number of H-pyrrole nitrogens is 1. The number of nitrogens with one attached hydrogen (secondary N) is 1. The average molecular weight is 524 g/mol. The molecule has 4 rings (SSSR count). The first-order valence-corrected chi connectivity index (χ1v) is 11.9. The van der Waals surface area contributed by atoms with E-state index in [9.17, 15) is 9.90 Å². The first kappa shape index (κ1) is 25.2. The molecule has 0 spiro atoms. The van der Waals surface area contributed by atoms with Gasteiger partial charge < -0.3 is 19.3 Å². The van der Waals surface area contributed by atoms with Crippen LogP contribution in [0.15, 0.2) is 76.8 Å². The Labute approximate surface area is 216 Å². The third-order valence-corrected chi connectivity index (χ3v) is 6.15. The van der Waals surface area contributed by atoms with Crippen molar-refractivity contribution in [3.8, 4) is 28.6 Å². The highest BCUT2D eigenvalue weighted by molar-refractivity contribution is 8.04. The van der Waals surface area contributed by atoms with Crippen LogP contribution in [0.25, 0.3) is 17.5 Å². The molecule has 0 amide bonds. The van der Waals surface area contributed by atoms with Gasteiger partial charge in [-0.1, -0.05) is 35.9 Å². The molecule has 0 fully saturated rings. The molecule has 0 aliphatic carbocycles. The van der Waals surface area contributed by atoms with Crippen molar-refractivity contribution >= 4 is 35.4 Å². The maximum atomic E-state index is 11.9. The minimum atomic E-state index is -1.09. The smallest absolute Gasteiger partial charge is 0.342 e. The van der Waals surface area contributed by atoms with E-state index in [0.29, 0.717) is 40.1 Å². The minimum absolute atomic E-state index is 0.0607. The van der Waals surface area contributed by atoms with Crippen LogP contribution >= 0.6 is 23.4 Å². The largest absolute Gasteiger partial charge is 0.497 e. The van der Waals surface area contributed by atoms with Gasteiger partial charge >= 0.3 is 5.97 Å². The van der Waals surface area contributed by atoms with Crippen molar-refractivity contribution in [3.05, 3.63) is 87.8 Å². The number of rotatable bonds is 10. The number of thioether (sulfide) groups is 1. The molecule has 0 bridgehead atoms. The van der Waals surface area contributed by atoms with E-state index in [0.717, 1.165) is 23.1 Å². The molecule has 0 aliphatic rings. The number of aliphatic carboxylic acids is 1. The van der Waals surface area contributed by atoms with Gasteiger partial charge in [0, 0.05) is 5.02 Å². The minimum Gasteiger partial charge on any atom is -0.497 e. The van der Waals surface area contributed by atoms with Gasteiger partial charge in [0.05, 0.1) is 19.8 Å². The third-order valence-electron chi connectivity index (χ3n) is 5.04. The van der Waals surface area contributed by atoms with Crippen molar-refractivity contribution in [1.29, 1.82) is 0 Å². The maximum absolute atomic E-state index is 11.9. The molecule has 0 atom stereocenters. The molecule has 36 heavy (non-hydrogen) atoms. The Balaban J connectivity index is 1.44. The van der Waals surface area contributed by atoms with Crippen LogP contribution in [0, 0.1) is 0 Å². The van der Waals surface area contributed by atoms with Gasteiger partial charge in [-0.05, 0) is 71.4 Å². The van der Waals surface area contributed by atoms with E-state index in [-0.39, 0.29) is 10.1 Å². The second kappa shape index (κ2) is 11.7. The van der Waals surface area contributed by atoms with Crippen molar-refractivity contribution < 1.29 is 24.1 Å². The van der Waals surface area contributed by atoms with Crippen molar-refractivity contribution in [2.75, 3.05) is 14.2 Å². The lowest BCUT2D eigenvalue weighted by molar-refractivity contribution is -0.131. The van der Waals surface area contributed by atoms with Gasteiger partial charge in [0.1, 0.15) is 28.8 Å². The lowest BCUT2D eigenvalue weighted by Gasteiger charge is -2.07. The molecule has 10 heteroatoms. The van der Waals surface area contributed by atoms with Crippen molar-refractivity contribution in [2.24, 2.45) is 0 Å². The van der Waals surface area contributed by atoms with Crippen LogP contribution in [0.5, 0.6) is 17.2 Å². The Morgan fingerprint density at radius 2 is 1.75 bits per heavy atom. The number of hydrogen-bond acceptors (Lipinski definition) is 7. The van der Waals surface area contributed by atoms with Crippen LogP contribution in [-0.2, 0) is 11.4 Å². The Morgan fingerprint density at radius 1 is 1.03 bits per heavy atom. The number of carbonyl (C=O) groups is 1. The summed E-state index contributed by atoms with van der Waals surface area (Å²) in [5.41, 5.74) is 2.32. The summed E-state index contributed by atoms with van der Waals surface area (Å²) in [7, 11) is 3.16. The number of hydrogen-bond donors (Lipinski definition) is 2. The fraction of sp³-hybridized carbons (Fsp3) is 0.115. The molecule has 0 saturated heterocycles. The molecule has 3 aromatic carbocycles. The van der Waals surface area contributed by atoms with Crippen molar-refractivity contribution in [2.45, 2.75) is 11.8 Å². The number of carboxylic acids is 1. The molecule has 4 aromatic rings. The highest BCUT2D eigenvalue weighted by Crippen LogP contribution is 2.33. The number of nitrogens with zero attached hydrogens (tertiary/aromatic N) is 2. The van der Waals surface area contributed by atoms with E-state index in [1.54, 1.807) is 62.8 Å². The summed E-state index contributed by atoms with van der Waals surface area (Å²) in [5.74, 6) is 1.34. The Bertz CT molecular complexity index is 1370. The highest BCUT2D eigenvalue weighted by atomic mass is 35.5. The first-order valence-electron chi connectivity index (χ1n) is 10.7. The molecular weight excluding hydrogens is 502 g/mol. The molecule has 0 unspecified atom stereocenters. The van der Waals surface area contributed by atoms with Gasteiger partial charge in [0.15, 0.2) is 5.82 Å². The van der Waals surface area contributed by atoms with Crippen LogP contribution in [0.4, 0.5) is 0 Å². The Morgan fingerprint density at radius 3 is 2.42 bits per heavy atom. The fourth-order valence-electron chi connectivity index (χ4n) is 3.21. The monoisotopic (exact) mass is 523 g/mol. The molecule has 8 nitrogen and oxygen atoms in total. The van der Waals surface area contributed by atoms with E-state index >= 15 is 0 Å². The van der Waals surface area contributed by atoms with Crippen molar-refractivity contribution in [1.82, 2.24) is 15.2 Å². The second-order valence-electron chi connectivity index (χ2n) is 7.43. The van der Waals surface area contributed by atoms with Gasteiger partial charge in [-0.3, -0.25) is 5.10 Å². The molecule has 0 radical (unpaired) electrons. The molecule has 0 saturated carbocycles. The maximum Gasteiger partial charge on any atom is 0.342 e. The van der Waals surface area contributed by atoms with Crippen LogP contribution in [0.2, 0.25) is 5.02 Å². The van der Waals surface area contributed by atoms with Gasteiger partial charge in [-0.15, -0.1) is 5.10 Å². The number of carboxylic acid groups (broad SMARTS) is 1. The van der Waals surface area contributed by atoms with E-state index in [4.69, 9.17) is 25.8 Å². The zero-order valence-electron chi connectivity index (χ0n) is 19.4. The van der Waals surface area contributed by atoms with Gasteiger partial charge in [-0.2, -0.15) is 0 Å². The quantitative estimate of drug-likeness (QED) is 0.194. The standard InChI is InChI=1S/C26H22ClN3O5S/c1-33-19-8-5-17(6-9-19)15-35-20-10-3-16(4-11-20)13-23(25(31)32)36-26-28-24(29-30-26)21-14-18(27)7-12-22(21)34-2/h3-14H,15H2,1-2H3,(H,31,32)(H,28,29,30)/b23-13-. The van der Waals surface area contributed by atoms with Crippen LogP contribution < -0.4 is 14.2 Å². The van der Waals surface area contributed by atoms with Crippen LogP contribution in [0.1, 0.15) is 11.1 Å². The average Bonchev–Trinajstić information content (AvgIpc) is 3.36. The molecular formula is C26H22ClN3O5S. The highest BCUT2D eigenvalue weighted by Gasteiger charge is 2.16. The summed E-state index contributed by atoms with van der Waals surface area (Å²) in [4.78, 5) is 16.3. The van der Waals surface area contributed by atoms with Crippen LogP contribution in [-0.4, -0.2) is 40.5 Å². The molecule has 1 heterocycles. The number of ether oxygens (including phenoxy) is 3. The van der Waals surface area contributed by atoms with Gasteiger partial charge in [0.2, 0.25) is 5.16 Å². The number of halogens is 1. The number of benzene rings is 3. The number of methoxy groups -OCH3 is 2. The normalized spacial score (nSPS) is 11.2. The summed E-state index contributed by atoms with van der Waals surface area (Å²) in [6, 6.07) is 19.9. The van der Waals surface area contributed by atoms with E-state index in [1.165, 1.54) is 0 Å². The summed E-state index contributed by atoms with van der Waals surface area (Å²) in [5, 5.41) is 17.4. The summed E-state index contributed by atoms with van der Waals surface area (Å²) >= 11 is 7.03. The SMILES string of the molecule is COc1ccc(COc2ccc(/C=C(\Sc3n[nH]c(-c4cc(Cl)ccc4OC)n3)C(=O)O)cc2)cc1. The molecule has 2 N–H and O–H groups in total. The topological polar surface area (TPSA) is 107 Å². The second-order valence-corrected chi connectivity index (χ2v) is 8.88. The Kier molecular flexibility index (Phi) is 8.14. The predicted molar refractivity (Wildman–Crippen MR) is 139 cm³/mol. The number of aromatic nitrogens is 3. The zero-order valence-corrected chi connectivity index (χ0v) is 21.0. The van der Waals surface area contributed by atoms with Crippen molar-refractivity contribution in [3.63, 3.8) is 0 Å². The lowest BCUT2D eigenvalue weighted by atomic mass is 10.2. The number of aromatic amines is 1. The first-order chi connectivity index (χ1) is 17.4. The fourth-order valence-corrected chi connectivity index (χ4v) is 4.09. The summed E-state index contributed by atoms with van der Waals surface area (Å²) in [6.07, 6.45) is 1.55. The molecule has 184 valence electrons. The van der Waals surface area contributed by atoms with E-state index < -0.39 is 5.97 Å².